The van der Waals surface area contributed by atoms with Gasteiger partial charge in [0.05, 0.1) is 0 Å². The smallest absolute Gasteiger partial charge is 0.0473 e. The lowest BCUT2D eigenvalue weighted by atomic mass is 10.2. The van der Waals surface area contributed by atoms with Crippen molar-refractivity contribution in [2.75, 3.05) is 0 Å². The van der Waals surface area contributed by atoms with Gasteiger partial charge in [-0.1, -0.05) is 28.1 Å². The summed E-state index contributed by atoms with van der Waals surface area (Å²) in [5, 5.41) is 3.57. The monoisotopic (exact) mass is 304 g/mol. The van der Waals surface area contributed by atoms with Gasteiger partial charge in [-0.15, -0.1) is 0 Å². The van der Waals surface area contributed by atoms with Crippen LogP contribution in [0.3, 0.4) is 0 Å². The first-order chi connectivity index (χ1) is 8.81. The summed E-state index contributed by atoms with van der Waals surface area (Å²) >= 11 is 3.47. The van der Waals surface area contributed by atoms with E-state index in [0.29, 0.717) is 0 Å². The fraction of sp³-hybridized carbons (Fsp3) is 0.333. The molecule has 1 aliphatic carbocycles. The van der Waals surface area contributed by atoms with Gasteiger partial charge in [-0.2, -0.15) is 0 Å². The van der Waals surface area contributed by atoms with E-state index >= 15 is 0 Å². The third kappa shape index (κ3) is 3.03. The summed E-state index contributed by atoms with van der Waals surface area (Å²) in [4.78, 5) is 0. The van der Waals surface area contributed by atoms with E-state index in [1.54, 1.807) is 0 Å². The number of hydrogen-bond donors (Lipinski definition) is 1. The van der Waals surface area contributed by atoms with Gasteiger partial charge < -0.3 is 9.88 Å². The molecule has 0 spiro atoms. The quantitative estimate of drug-likeness (QED) is 0.894. The Bertz CT molecular complexity index is 512. The highest BCUT2D eigenvalue weighted by atomic mass is 79.9. The van der Waals surface area contributed by atoms with Crippen molar-refractivity contribution in [2.24, 2.45) is 0 Å². The Hall–Kier alpha value is -1.06. The van der Waals surface area contributed by atoms with E-state index in [2.05, 4.69) is 68.4 Å². The minimum absolute atomic E-state index is 0.765. The number of hydrogen-bond acceptors (Lipinski definition) is 1. The maximum atomic E-state index is 3.57. The maximum Gasteiger partial charge on any atom is 0.0473 e. The second-order valence-corrected chi connectivity index (χ2v) is 5.82. The summed E-state index contributed by atoms with van der Waals surface area (Å²) in [5.74, 6) is 0. The summed E-state index contributed by atoms with van der Waals surface area (Å²) in [7, 11) is 0. The fourth-order valence-electron chi connectivity index (χ4n) is 2.09. The molecule has 0 aliphatic heterocycles. The molecule has 2 nitrogen and oxygen atoms in total. The number of benzene rings is 1. The molecule has 3 rings (SSSR count). The molecule has 1 heterocycles. The van der Waals surface area contributed by atoms with E-state index in [1.165, 1.54) is 24.1 Å². The predicted octanol–water partition coefficient (Wildman–Crippen LogP) is 3.55. The Morgan fingerprint density at radius 2 is 1.94 bits per heavy atom. The SMILES string of the molecule is Brc1ccc(Cn2cccc2CNC2CC2)cc1. The average Bonchev–Trinajstić information content (AvgIpc) is 3.11. The van der Waals surface area contributed by atoms with Crippen LogP contribution in [0.5, 0.6) is 0 Å². The third-order valence-corrected chi connectivity index (χ3v) is 3.87. The van der Waals surface area contributed by atoms with E-state index < -0.39 is 0 Å². The topological polar surface area (TPSA) is 17.0 Å². The van der Waals surface area contributed by atoms with Crippen molar-refractivity contribution in [3.8, 4) is 0 Å². The first-order valence-electron chi connectivity index (χ1n) is 6.43. The Kier molecular flexibility index (Phi) is 3.52. The summed E-state index contributed by atoms with van der Waals surface area (Å²) in [6.07, 6.45) is 4.84. The molecule has 18 heavy (non-hydrogen) atoms. The van der Waals surface area contributed by atoms with Gasteiger partial charge in [-0.3, -0.25) is 0 Å². The van der Waals surface area contributed by atoms with E-state index in [4.69, 9.17) is 0 Å². The van der Waals surface area contributed by atoms with E-state index in [9.17, 15) is 0 Å². The molecule has 1 saturated carbocycles. The molecule has 1 aromatic heterocycles. The molecule has 94 valence electrons. The van der Waals surface area contributed by atoms with Crippen LogP contribution in [0.15, 0.2) is 47.1 Å². The average molecular weight is 305 g/mol. The minimum Gasteiger partial charge on any atom is -0.346 e. The van der Waals surface area contributed by atoms with Crippen LogP contribution in [-0.2, 0) is 13.1 Å². The number of aromatic nitrogens is 1. The standard InChI is InChI=1S/C15H17BrN2/c16-13-5-3-12(4-6-13)11-18-9-1-2-15(18)10-17-14-7-8-14/h1-6,9,14,17H,7-8,10-11H2. The fourth-order valence-corrected chi connectivity index (χ4v) is 2.35. The number of nitrogens with zero attached hydrogens (tertiary/aromatic N) is 1. The maximum absolute atomic E-state index is 3.57. The van der Waals surface area contributed by atoms with Gasteiger partial charge in [0.2, 0.25) is 0 Å². The van der Waals surface area contributed by atoms with Crippen molar-refractivity contribution in [3.05, 3.63) is 58.3 Å². The summed E-state index contributed by atoms with van der Waals surface area (Å²) in [6, 6.07) is 13.6. The molecule has 1 N–H and O–H groups in total. The molecular formula is C15H17BrN2. The summed E-state index contributed by atoms with van der Waals surface area (Å²) in [6.45, 7) is 1.93. The molecule has 0 amide bonds. The first kappa shape index (κ1) is 12.0. The summed E-state index contributed by atoms with van der Waals surface area (Å²) < 4.78 is 3.45. The van der Waals surface area contributed by atoms with Crippen LogP contribution in [0.1, 0.15) is 24.1 Å². The highest BCUT2D eigenvalue weighted by molar-refractivity contribution is 9.10. The second kappa shape index (κ2) is 5.29. The van der Waals surface area contributed by atoms with Crippen LogP contribution in [0.25, 0.3) is 0 Å². The van der Waals surface area contributed by atoms with Crippen LogP contribution >= 0.6 is 15.9 Å². The number of nitrogens with one attached hydrogen (secondary N) is 1. The minimum atomic E-state index is 0.765. The molecule has 1 aromatic carbocycles. The molecule has 0 bridgehead atoms. The summed E-state index contributed by atoms with van der Waals surface area (Å²) in [5.41, 5.74) is 2.70. The lowest BCUT2D eigenvalue weighted by molar-refractivity contribution is 0.634. The zero-order valence-electron chi connectivity index (χ0n) is 10.3. The lowest BCUT2D eigenvalue weighted by Gasteiger charge is -2.10. The van der Waals surface area contributed by atoms with Crippen LogP contribution in [0, 0.1) is 0 Å². The molecule has 0 atom stereocenters. The normalized spacial score (nSPS) is 14.9. The molecular weight excluding hydrogens is 288 g/mol. The number of halogens is 1. The van der Waals surface area contributed by atoms with Crippen molar-refractivity contribution in [1.82, 2.24) is 9.88 Å². The Morgan fingerprint density at radius 3 is 2.67 bits per heavy atom. The Labute approximate surface area is 116 Å². The third-order valence-electron chi connectivity index (χ3n) is 3.34. The Morgan fingerprint density at radius 1 is 1.17 bits per heavy atom. The van der Waals surface area contributed by atoms with Gasteiger partial charge in [0, 0.05) is 35.5 Å². The highest BCUT2D eigenvalue weighted by Gasteiger charge is 2.20. The van der Waals surface area contributed by atoms with Gasteiger partial charge in [0.25, 0.3) is 0 Å². The van der Waals surface area contributed by atoms with Gasteiger partial charge in [0.1, 0.15) is 0 Å². The van der Waals surface area contributed by atoms with Crippen LogP contribution < -0.4 is 5.32 Å². The van der Waals surface area contributed by atoms with Gasteiger partial charge in [-0.05, 0) is 42.7 Å². The first-order valence-corrected chi connectivity index (χ1v) is 7.22. The van der Waals surface area contributed by atoms with E-state index in [1.807, 2.05) is 0 Å². The number of rotatable bonds is 5. The van der Waals surface area contributed by atoms with Crippen molar-refractivity contribution in [1.29, 1.82) is 0 Å². The zero-order chi connectivity index (χ0) is 12.4. The van der Waals surface area contributed by atoms with E-state index in [-0.39, 0.29) is 0 Å². The van der Waals surface area contributed by atoms with Crippen LogP contribution in [0.4, 0.5) is 0 Å². The van der Waals surface area contributed by atoms with Gasteiger partial charge in [-0.25, -0.2) is 0 Å². The van der Waals surface area contributed by atoms with Crippen molar-refractivity contribution in [2.45, 2.75) is 32.0 Å². The Balaban J connectivity index is 1.67. The van der Waals surface area contributed by atoms with Gasteiger partial charge in [0.15, 0.2) is 0 Å². The highest BCUT2D eigenvalue weighted by Crippen LogP contribution is 2.19. The molecule has 0 saturated heterocycles. The van der Waals surface area contributed by atoms with Crippen molar-refractivity contribution in [3.63, 3.8) is 0 Å². The molecule has 0 radical (unpaired) electrons. The predicted molar refractivity (Wildman–Crippen MR) is 77.5 cm³/mol. The molecule has 2 aromatic rings. The molecule has 1 fully saturated rings. The lowest BCUT2D eigenvalue weighted by Crippen LogP contribution is -2.18. The largest absolute Gasteiger partial charge is 0.346 e. The molecule has 1 aliphatic rings. The second-order valence-electron chi connectivity index (χ2n) is 4.91. The van der Waals surface area contributed by atoms with Crippen LogP contribution in [0.2, 0.25) is 0 Å². The van der Waals surface area contributed by atoms with Gasteiger partial charge >= 0.3 is 0 Å². The zero-order valence-corrected chi connectivity index (χ0v) is 11.9. The molecule has 0 unspecified atom stereocenters. The molecule has 3 heteroatoms. The van der Waals surface area contributed by atoms with Crippen LogP contribution in [-0.4, -0.2) is 10.6 Å². The van der Waals surface area contributed by atoms with E-state index in [0.717, 1.165) is 23.6 Å². The van der Waals surface area contributed by atoms with Crippen molar-refractivity contribution < 1.29 is 0 Å². The van der Waals surface area contributed by atoms with Crippen molar-refractivity contribution >= 4 is 15.9 Å².